The molecule has 0 saturated carbocycles. The molecule has 0 spiro atoms. The summed E-state index contributed by atoms with van der Waals surface area (Å²) in [6.45, 7) is 3.23. The van der Waals surface area contributed by atoms with E-state index >= 15 is 0 Å². The van der Waals surface area contributed by atoms with Gasteiger partial charge in [0.05, 0.1) is 6.10 Å². The Labute approximate surface area is 152 Å². The number of benzene rings is 2. The molecular formula is C24H30O. The third-order valence-electron chi connectivity index (χ3n) is 6.30. The summed E-state index contributed by atoms with van der Waals surface area (Å²) < 4.78 is 6.36. The molecule has 1 saturated heterocycles. The molecule has 0 bridgehead atoms. The Morgan fingerprint density at radius 3 is 2.60 bits per heavy atom. The smallest absolute Gasteiger partial charge is 0.0615 e. The monoisotopic (exact) mass is 334 g/mol. The molecule has 1 heteroatoms. The molecule has 1 aliphatic heterocycles. The van der Waals surface area contributed by atoms with Gasteiger partial charge in [0.1, 0.15) is 0 Å². The summed E-state index contributed by atoms with van der Waals surface area (Å²) in [6.07, 6.45) is 8.00. The predicted octanol–water partition coefficient (Wildman–Crippen LogP) is 5.98. The number of fused-ring (bicyclic) bond motifs is 2. The third kappa shape index (κ3) is 3.40. The summed E-state index contributed by atoms with van der Waals surface area (Å²) in [6, 6.07) is 20.3. The first-order chi connectivity index (χ1) is 12.4. The molecule has 0 N–H and O–H groups in total. The molecule has 0 amide bonds. The number of hydrogen-bond donors (Lipinski definition) is 0. The average Bonchev–Trinajstić information content (AvgIpc) is 2.67. The van der Waals surface area contributed by atoms with E-state index in [0.717, 1.165) is 12.5 Å². The molecule has 2 aromatic rings. The van der Waals surface area contributed by atoms with E-state index in [1.54, 1.807) is 11.1 Å². The van der Waals surface area contributed by atoms with E-state index < -0.39 is 0 Å². The fourth-order valence-electron chi connectivity index (χ4n) is 5.15. The minimum atomic E-state index is 0.420. The number of rotatable bonds is 5. The summed E-state index contributed by atoms with van der Waals surface area (Å²) in [7, 11) is 0. The SMILES string of the molecule is CCCCC[C@@H]1OCC[C@@H]2Cc3ccccc3[C@H](c3ccccc3)[C@H]21. The maximum Gasteiger partial charge on any atom is 0.0615 e. The lowest BCUT2D eigenvalue weighted by molar-refractivity contribution is -0.0705. The molecule has 2 aliphatic rings. The molecule has 4 atom stereocenters. The van der Waals surface area contributed by atoms with Gasteiger partial charge in [-0.15, -0.1) is 0 Å². The molecule has 1 aliphatic carbocycles. The molecule has 1 heterocycles. The molecule has 0 aromatic heterocycles. The van der Waals surface area contributed by atoms with Gasteiger partial charge in [-0.25, -0.2) is 0 Å². The minimum Gasteiger partial charge on any atom is -0.378 e. The lowest BCUT2D eigenvalue weighted by atomic mass is 9.62. The molecule has 25 heavy (non-hydrogen) atoms. The fraction of sp³-hybridized carbons (Fsp3) is 0.500. The van der Waals surface area contributed by atoms with Crippen molar-refractivity contribution in [2.75, 3.05) is 6.61 Å². The Kier molecular flexibility index (Phi) is 5.22. The molecule has 132 valence electrons. The van der Waals surface area contributed by atoms with Gasteiger partial charge in [0.15, 0.2) is 0 Å². The first kappa shape index (κ1) is 16.8. The van der Waals surface area contributed by atoms with Gasteiger partial charge in [0, 0.05) is 12.5 Å². The van der Waals surface area contributed by atoms with Crippen LogP contribution in [0.2, 0.25) is 0 Å². The van der Waals surface area contributed by atoms with Crippen LogP contribution in [0, 0.1) is 11.8 Å². The highest BCUT2D eigenvalue weighted by atomic mass is 16.5. The highest BCUT2D eigenvalue weighted by Crippen LogP contribution is 2.49. The highest BCUT2D eigenvalue weighted by Gasteiger charge is 2.43. The lowest BCUT2D eigenvalue weighted by Crippen LogP contribution is -2.44. The molecule has 2 aromatic carbocycles. The van der Waals surface area contributed by atoms with Gasteiger partial charge in [-0.3, -0.25) is 0 Å². The van der Waals surface area contributed by atoms with Gasteiger partial charge < -0.3 is 4.74 Å². The van der Waals surface area contributed by atoms with E-state index in [1.165, 1.54) is 44.1 Å². The summed E-state index contributed by atoms with van der Waals surface area (Å²) >= 11 is 0. The second-order valence-corrected chi connectivity index (χ2v) is 7.82. The van der Waals surface area contributed by atoms with Crippen molar-refractivity contribution in [3.63, 3.8) is 0 Å². The molecule has 0 radical (unpaired) electrons. The molecule has 1 fully saturated rings. The van der Waals surface area contributed by atoms with Crippen LogP contribution >= 0.6 is 0 Å². The lowest BCUT2D eigenvalue weighted by Gasteiger charge is -2.47. The van der Waals surface area contributed by atoms with Crippen molar-refractivity contribution < 1.29 is 4.74 Å². The van der Waals surface area contributed by atoms with E-state index in [0.29, 0.717) is 17.9 Å². The average molecular weight is 335 g/mol. The maximum atomic E-state index is 6.36. The van der Waals surface area contributed by atoms with Crippen LogP contribution in [0.5, 0.6) is 0 Å². The van der Waals surface area contributed by atoms with Crippen molar-refractivity contribution in [3.05, 3.63) is 71.3 Å². The summed E-state index contributed by atoms with van der Waals surface area (Å²) in [5, 5.41) is 0. The Bertz CT molecular complexity index is 678. The van der Waals surface area contributed by atoms with Gasteiger partial charge >= 0.3 is 0 Å². The zero-order valence-electron chi connectivity index (χ0n) is 15.4. The molecule has 0 unspecified atom stereocenters. The number of ether oxygens (including phenoxy) is 1. The standard InChI is InChI=1S/C24H30O/c1-2-3-5-14-22-24-20(15-16-25-22)17-19-12-8-9-13-21(19)23(24)18-10-6-4-7-11-18/h4,6-13,20,22-24H,2-3,5,14-17H2,1H3/t20-,22+,23+,24-/m1/s1. The Hall–Kier alpha value is -1.60. The van der Waals surface area contributed by atoms with Crippen molar-refractivity contribution in [2.24, 2.45) is 11.8 Å². The summed E-state index contributed by atoms with van der Waals surface area (Å²) in [5.41, 5.74) is 4.57. The van der Waals surface area contributed by atoms with Crippen molar-refractivity contribution in [1.82, 2.24) is 0 Å². The van der Waals surface area contributed by atoms with Crippen molar-refractivity contribution in [3.8, 4) is 0 Å². The Balaban J connectivity index is 1.72. The molecule has 1 nitrogen and oxygen atoms in total. The van der Waals surface area contributed by atoms with E-state index in [-0.39, 0.29) is 0 Å². The van der Waals surface area contributed by atoms with Gasteiger partial charge in [0.25, 0.3) is 0 Å². The van der Waals surface area contributed by atoms with Crippen molar-refractivity contribution in [2.45, 2.75) is 57.5 Å². The van der Waals surface area contributed by atoms with Crippen molar-refractivity contribution in [1.29, 1.82) is 0 Å². The van der Waals surface area contributed by atoms with Crippen LogP contribution in [0.3, 0.4) is 0 Å². The second-order valence-electron chi connectivity index (χ2n) is 7.82. The van der Waals surface area contributed by atoms with Crippen LogP contribution in [0.1, 0.15) is 61.6 Å². The third-order valence-corrected chi connectivity index (χ3v) is 6.30. The van der Waals surface area contributed by atoms with Crippen LogP contribution in [0.15, 0.2) is 54.6 Å². The van der Waals surface area contributed by atoms with Gasteiger partial charge in [-0.2, -0.15) is 0 Å². The van der Waals surface area contributed by atoms with Crippen LogP contribution in [0.4, 0.5) is 0 Å². The summed E-state index contributed by atoms with van der Waals surface area (Å²) in [5.74, 6) is 1.88. The minimum absolute atomic E-state index is 0.420. The zero-order chi connectivity index (χ0) is 17.1. The Morgan fingerprint density at radius 1 is 0.960 bits per heavy atom. The first-order valence-electron chi connectivity index (χ1n) is 10.1. The van der Waals surface area contributed by atoms with Crippen LogP contribution in [0.25, 0.3) is 0 Å². The van der Waals surface area contributed by atoms with Gasteiger partial charge in [-0.05, 0) is 47.8 Å². The van der Waals surface area contributed by atoms with Crippen molar-refractivity contribution >= 4 is 0 Å². The summed E-state index contributed by atoms with van der Waals surface area (Å²) in [4.78, 5) is 0. The van der Waals surface area contributed by atoms with Gasteiger partial charge in [0.2, 0.25) is 0 Å². The predicted molar refractivity (Wildman–Crippen MR) is 104 cm³/mol. The number of unbranched alkanes of at least 4 members (excludes halogenated alkanes) is 2. The maximum absolute atomic E-state index is 6.36. The fourth-order valence-corrected chi connectivity index (χ4v) is 5.15. The van der Waals surface area contributed by atoms with E-state index in [4.69, 9.17) is 4.74 Å². The second kappa shape index (κ2) is 7.74. The molecular weight excluding hydrogens is 304 g/mol. The normalized spacial score (nSPS) is 28.2. The molecule has 4 rings (SSSR count). The largest absolute Gasteiger partial charge is 0.378 e. The highest BCUT2D eigenvalue weighted by molar-refractivity contribution is 5.42. The topological polar surface area (TPSA) is 9.23 Å². The zero-order valence-corrected chi connectivity index (χ0v) is 15.4. The van der Waals surface area contributed by atoms with Crippen LogP contribution in [-0.2, 0) is 11.2 Å². The van der Waals surface area contributed by atoms with E-state index in [2.05, 4.69) is 61.5 Å². The quantitative estimate of drug-likeness (QED) is 0.611. The van der Waals surface area contributed by atoms with Crippen LogP contribution in [-0.4, -0.2) is 12.7 Å². The van der Waals surface area contributed by atoms with Gasteiger partial charge in [-0.1, -0.05) is 80.8 Å². The van der Waals surface area contributed by atoms with E-state index in [1.807, 2.05) is 0 Å². The first-order valence-corrected chi connectivity index (χ1v) is 10.1. The van der Waals surface area contributed by atoms with E-state index in [9.17, 15) is 0 Å². The number of hydrogen-bond acceptors (Lipinski definition) is 1. The Morgan fingerprint density at radius 2 is 1.76 bits per heavy atom. The van der Waals surface area contributed by atoms with Crippen LogP contribution < -0.4 is 0 Å².